The van der Waals surface area contributed by atoms with E-state index in [9.17, 15) is 0 Å². The largest absolute Gasteiger partial charge is 0.309 e. The molecule has 0 amide bonds. The summed E-state index contributed by atoms with van der Waals surface area (Å²) in [5, 5.41) is 4.60. The number of fused-ring (bicyclic) bond motifs is 6. The minimum atomic E-state index is 0.526. The zero-order valence-electron chi connectivity index (χ0n) is 36.6. The Morgan fingerprint density at radius 1 is 0.235 bits per heavy atom. The molecule has 318 valence electrons. The van der Waals surface area contributed by atoms with Gasteiger partial charge in [-0.3, -0.25) is 4.57 Å². The van der Waals surface area contributed by atoms with E-state index in [2.05, 4.69) is 161 Å². The van der Waals surface area contributed by atoms with Crippen molar-refractivity contribution < 1.29 is 0 Å². The van der Waals surface area contributed by atoms with Crippen LogP contribution in [-0.2, 0) is 0 Å². The van der Waals surface area contributed by atoms with E-state index in [0.717, 1.165) is 83.3 Å². The number of para-hydroxylation sites is 2. The summed E-state index contributed by atoms with van der Waals surface area (Å²) in [5.74, 6) is 2.31. The lowest BCUT2D eigenvalue weighted by Crippen LogP contribution is -2.06. The van der Waals surface area contributed by atoms with E-state index >= 15 is 0 Å². The maximum atomic E-state index is 5.39. The third-order valence-corrected chi connectivity index (χ3v) is 12.8. The molecule has 0 N–H and O–H groups in total. The Kier molecular flexibility index (Phi) is 9.35. The Labute approximate surface area is 392 Å². The van der Waals surface area contributed by atoms with Gasteiger partial charge in [0.15, 0.2) is 17.5 Å². The van der Waals surface area contributed by atoms with Crippen molar-refractivity contribution >= 4 is 43.6 Å². The van der Waals surface area contributed by atoms with E-state index in [0.29, 0.717) is 23.4 Å². The molecule has 13 aromatic rings. The summed E-state index contributed by atoms with van der Waals surface area (Å²) in [7, 11) is 0. The standard InChI is InChI=1S/C61H39N7/c1-5-19-40(20-6-1)44-27-18-30-47(36-44)67-54-33-15-13-31-48(54)50-37-51-49-32-14-16-34-55(49)68(57(51)39-56(50)67)61-65-59(43-25-11-4-12-26-43)64-60(66-61)46-29-17-28-45(35-46)53-38-52(41-21-7-2-8-22-41)62-58(63-53)42-23-9-3-10-24-42/h1-39H. The molecule has 0 aliphatic carbocycles. The summed E-state index contributed by atoms with van der Waals surface area (Å²) >= 11 is 0. The Morgan fingerprint density at radius 2 is 0.691 bits per heavy atom. The van der Waals surface area contributed by atoms with Gasteiger partial charge < -0.3 is 4.57 Å². The fraction of sp³-hybridized carbons (Fsp3) is 0. The minimum absolute atomic E-state index is 0.526. The van der Waals surface area contributed by atoms with E-state index in [4.69, 9.17) is 24.9 Å². The molecular formula is C61H39N7. The molecule has 0 unspecified atom stereocenters. The van der Waals surface area contributed by atoms with Crippen LogP contribution in [0.15, 0.2) is 237 Å². The smallest absolute Gasteiger partial charge is 0.238 e. The molecule has 0 fully saturated rings. The van der Waals surface area contributed by atoms with Crippen LogP contribution in [0.5, 0.6) is 0 Å². The number of benzene rings is 9. The normalized spacial score (nSPS) is 11.5. The van der Waals surface area contributed by atoms with Gasteiger partial charge in [-0.2, -0.15) is 9.97 Å². The second kappa shape index (κ2) is 16.3. The predicted molar refractivity (Wildman–Crippen MR) is 277 cm³/mol. The van der Waals surface area contributed by atoms with E-state index in [1.165, 1.54) is 16.3 Å². The van der Waals surface area contributed by atoms with Crippen LogP contribution in [0.4, 0.5) is 0 Å². The molecular weight excluding hydrogens is 831 g/mol. The van der Waals surface area contributed by atoms with Crippen LogP contribution in [0.1, 0.15) is 0 Å². The topological polar surface area (TPSA) is 74.3 Å². The van der Waals surface area contributed by atoms with Gasteiger partial charge in [-0.1, -0.05) is 188 Å². The maximum Gasteiger partial charge on any atom is 0.238 e. The van der Waals surface area contributed by atoms with Crippen molar-refractivity contribution in [3.63, 3.8) is 0 Å². The second-order valence-corrected chi connectivity index (χ2v) is 16.9. The lowest BCUT2D eigenvalue weighted by molar-refractivity contribution is 0.953. The zero-order chi connectivity index (χ0) is 45.0. The van der Waals surface area contributed by atoms with Gasteiger partial charge >= 0.3 is 0 Å². The fourth-order valence-corrected chi connectivity index (χ4v) is 9.58. The van der Waals surface area contributed by atoms with E-state index in [1.807, 2.05) is 84.9 Å². The summed E-state index contributed by atoms with van der Waals surface area (Å²) in [6.07, 6.45) is 0. The molecule has 7 nitrogen and oxygen atoms in total. The van der Waals surface area contributed by atoms with Gasteiger partial charge in [-0.15, -0.1) is 0 Å². The first kappa shape index (κ1) is 39.1. The highest BCUT2D eigenvalue weighted by Gasteiger charge is 2.22. The molecule has 4 aromatic heterocycles. The van der Waals surface area contributed by atoms with Crippen LogP contribution >= 0.6 is 0 Å². The molecule has 0 aliphatic rings. The summed E-state index contributed by atoms with van der Waals surface area (Å²) in [5.41, 5.74) is 13.9. The van der Waals surface area contributed by atoms with Crippen molar-refractivity contribution in [2.45, 2.75) is 0 Å². The lowest BCUT2D eigenvalue weighted by Gasteiger charge is -2.13. The predicted octanol–water partition coefficient (Wildman–Crippen LogP) is 14.9. The van der Waals surface area contributed by atoms with Crippen LogP contribution in [0.2, 0.25) is 0 Å². The van der Waals surface area contributed by atoms with E-state index < -0.39 is 0 Å². The fourth-order valence-electron chi connectivity index (χ4n) is 9.58. The van der Waals surface area contributed by atoms with Gasteiger partial charge in [0, 0.05) is 55.0 Å². The third kappa shape index (κ3) is 6.80. The minimum Gasteiger partial charge on any atom is -0.309 e. The molecule has 13 rings (SSSR count). The van der Waals surface area contributed by atoms with Crippen LogP contribution in [0.25, 0.3) is 123 Å². The molecule has 0 spiro atoms. The summed E-state index contributed by atoms with van der Waals surface area (Å²) < 4.78 is 4.59. The summed E-state index contributed by atoms with van der Waals surface area (Å²) in [6, 6.07) is 82.2. The number of hydrogen-bond acceptors (Lipinski definition) is 5. The van der Waals surface area contributed by atoms with Gasteiger partial charge in [0.2, 0.25) is 5.95 Å². The molecule has 0 bridgehead atoms. The monoisotopic (exact) mass is 869 g/mol. The molecule has 68 heavy (non-hydrogen) atoms. The first-order valence-electron chi connectivity index (χ1n) is 22.7. The molecule has 9 aromatic carbocycles. The van der Waals surface area contributed by atoms with E-state index in [1.54, 1.807) is 0 Å². The van der Waals surface area contributed by atoms with Gasteiger partial charge in [-0.05, 0) is 59.7 Å². The molecule has 0 saturated carbocycles. The van der Waals surface area contributed by atoms with Crippen molar-refractivity contribution in [1.29, 1.82) is 0 Å². The van der Waals surface area contributed by atoms with Crippen molar-refractivity contribution in [3.8, 4) is 79.4 Å². The Balaban J connectivity index is 1.02. The quantitative estimate of drug-likeness (QED) is 0.152. The summed E-state index contributed by atoms with van der Waals surface area (Å²) in [6.45, 7) is 0. The average molecular weight is 870 g/mol. The molecule has 0 aliphatic heterocycles. The number of rotatable bonds is 8. The number of nitrogens with zero attached hydrogens (tertiary/aromatic N) is 7. The van der Waals surface area contributed by atoms with Crippen LogP contribution in [0.3, 0.4) is 0 Å². The van der Waals surface area contributed by atoms with Crippen molar-refractivity contribution in [1.82, 2.24) is 34.1 Å². The second-order valence-electron chi connectivity index (χ2n) is 16.9. The lowest BCUT2D eigenvalue weighted by atomic mass is 10.0. The average Bonchev–Trinajstić information content (AvgIpc) is 3.93. The van der Waals surface area contributed by atoms with Gasteiger partial charge in [0.25, 0.3) is 0 Å². The zero-order valence-corrected chi connectivity index (χ0v) is 36.6. The highest BCUT2D eigenvalue weighted by atomic mass is 15.2. The highest BCUT2D eigenvalue weighted by Crippen LogP contribution is 2.40. The van der Waals surface area contributed by atoms with E-state index in [-0.39, 0.29) is 0 Å². The third-order valence-electron chi connectivity index (χ3n) is 12.8. The number of aromatic nitrogens is 7. The molecule has 4 heterocycles. The van der Waals surface area contributed by atoms with Crippen molar-refractivity contribution in [3.05, 3.63) is 237 Å². The Bertz CT molecular complexity index is 3950. The van der Waals surface area contributed by atoms with Gasteiger partial charge in [0.05, 0.1) is 33.5 Å². The van der Waals surface area contributed by atoms with Crippen LogP contribution in [-0.4, -0.2) is 34.1 Å². The number of hydrogen-bond donors (Lipinski definition) is 0. The highest BCUT2D eigenvalue weighted by molar-refractivity contribution is 6.19. The van der Waals surface area contributed by atoms with Crippen LogP contribution in [0, 0.1) is 0 Å². The molecule has 0 saturated heterocycles. The molecule has 0 atom stereocenters. The van der Waals surface area contributed by atoms with Gasteiger partial charge in [0.1, 0.15) is 0 Å². The first-order valence-corrected chi connectivity index (χ1v) is 22.7. The van der Waals surface area contributed by atoms with Crippen molar-refractivity contribution in [2.75, 3.05) is 0 Å². The SMILES string of the molecule is c1ccc(-c2cccc(-n3c4ccccc4c4cc5c6ccccc6n(-c6nc(-c7ccccc7)nc(-c7cccc(-c8cc(-c9ccccc9)nc(-c9ccccc9)n8)c7)n6)c5cc43)c2)cc1. The Hall–Kier alpha value is -9.33. The van der Waals surface area contributed by atoms with Gasteiger partial charge in [-0.25, -0.2) is 15.0 Å². The first-order chi connectivity index (χ1) is 33.7. The Morgan fingerprint density at radius 3 is 1.34 bits per heavy atom. The summed E-state index contributed by atoms with van der Waals surface area (Å²) in [4.78, 5) is 26.1. The maximum absolute atomic E-state index is 5.39. The van der Waals surface area contributed by atoms with Crippen LogP contribution < -0.4 is 0 Å². The molecule has 0 radical (unpaired) electrons. The van der Waals surface area contributed by atoms with Crippen molar-refractivity contribution in [2.24, 2.45) is 0 Å². The molecule has 7 heteroatoms.